The number of hydrogen-bond acceptors (Lipinski definition) is 2. The highest BCUT2D eigenvalue weighted by molar-refractivity contribution is 9.09. The van der Waals surface area contributed by atoms with Gasteiger partial charge in [-0.15, -0.1) is 0 Å². The third-order valence-corrected chi connectivity index (χ3v) is 4.22. The number of carbonyl (C=O) groups excluding carboxylic acids is 1. The molecule has 0 radical (unpaired) electrons. The number of likely N-dealkylation sites (tertiary alicyclic amines) is 1. The van der Waals surface area contributed by atoms with Crippen molar-refractivity contribution in [1.82, 2.24) is 4.90 Å². The van der Waals surface area contributed by atoms with Crippen molar-refractivity contribution in [2.45, 2.75) is 38.3 Å². The normalized spacial score (nSPS) is 36.1. The van der Waals surface area contributed by atoms with Crippen LogP contribution in [0.2, 0.25) is 0 Å². The summed E-state index contributed by atoms with van der Waals surface area (Å²) in [4.78, 5) is 14.2. The molecule has 1 amide bonds. The van der Waals surface area contributed by atoms with Gasteiger partial charge in [0.25, 0.3) is 5.91 Å². The monoisotopic (exact) mass is 275 g/mol. The second-order valence-electron chi connectivity index (χ2n) is 4.54. The zero-order chi connectivity index (χ0) is 10.8. The van der Waals surface area contributed by atoms with Gasteiger partial charge in [-0.1, -0.05) is 22.9 Å². The molecule has 2 unspecified atom stereocenters. The predicted octanol–water partition coefficient (Wildman–Crippen LogP) is 1.80. The molecule has 0 spiro atoms. The van der Waals surface area contributed by atoms with Gasteiger partial charge in [0, 0.05) is 24.5 Å². The van der Waals surface area contributed by atoms with E-state index < -0.39 is 0 Å². The number of carbonyl (C=O) groups is 1. The largest absolute Gasteiger partial charge is 0.368 e. The van der Waals surface area contributed by atoms with Crippen LogP contribution < -0.4 is 0 Å². The molecule has 2 aliphatic heterocycles. The van der Waals surface area contributed by atoms with E-state index in [1.54, 1.807) is 0 Å². The maximum Gasteiger partial charge on any atom is 0.252 e. The zero-order valence-corrected chi connectivity index (χ0v) is 10.7. The Labute approximate surface area is 99.3 Å². The molecule has 0 N–H and O–H groups in total. The van der Waals surface area contributed by atoms with Crippen LogP contribution in [0.3, 0.4) is 0 Å². The number of alkyl halides is 1. The Kier molecular flexibility index (Phi) is 3.67. The Morgan fingerprint density at radius 2 is 2.33 bits per heavy atom. The van der Waals surface area contributed by atoms with Gasteiger partial charge in [-0.2, -0.15) is 0 Å². The van der Waals surface area contributed by atoms with Gasteiger partial charge in [0.15, 0.2) is 0 Å². The summed E-state index contributed by atoms with van der Waals surface area (Å²) in [5, 5.41) is 0.889. The number of amides is 1. The van der Waals surface area contributed by atoms with E-state index in [2.05, 4.69) is 22.9 Å². The van der Waals surface area contributed by atoms with Crippen LogP contribution in [0.4, 0.5) is 0 Å². The lowest BCUT2D eigenvalue weighted by atomic mass is 10.0. The van der Waals surface area contributed by atoms with E-state index in [0.717, 1.165) is 37.7 Å². The fourth-order valence-corrected chi connectivity index (χ4v) is 3.13. The summed E-state index contributed by atoms with van der Waals surface area (Å²) in [6, 6.07) is 0.383. The fraction of sp³-hybridized carbons (Fsp3) is 0.909. The molecule has 3 nitrogen and oxygen atoms in total. The minimum Gasteiger partial charge on any atom is -0.368 e. The first-order chi connectivity index (χ1) is 7.24. The van der Waals surface area contributed by atoms with Crippen LogP contribution in [-0.4, -0.2) is 41.4 Å². The fourth-order valence-electron chi connectivity index (χ4n) is 2.46. The Bertz CT molecular complexity index is 247. The third-order valence-electron chi connectivity index (χ3n) is 3.47. The summed E-state index contributed by atoms with van der Waals surface area (Å²) in [6.45, 7) is 3.75. The van der Waals surface area contributed by atoms with E-state index in [1.807, 2.05) is 4.90 Å². The predicted molar refractivity (Wildman–Crippen MR) is 62.1 cm³/mol. The standard InChI is InChI=1S/C11H18BrNO2/c1-8-4-6-15-10(8)11(14)13-5-2-3-9(13)7-12/h8-10H,2-7H2,1H3/t8?,9-,10?/m1/s1. The van der Waals surface area contributed by atoms with Crippen LogP contribution in [0.5, 0.6) is 0 Å². The summed E-state index contributed by atoms with van der Waals surface area (Å²) in [5.41, 5.74) is 0. The van der Waals surface area contributed by atoms with Crippen molar-refractivity contribution < 1.29 is 9.53 Å². The number of hydrogen-bond donors (Lipinski definition) is 0. The Balaban J connectivity index is 2.00. The van der Waals surface area contributed by atoms with Crippen LogP contribution in [0.25, 0.3) is 0 Å². The summed E-state index contributed by atoms with van der Waals surface area (Å²) < 4.78 is 5.53. The molecule has 2 aliphatic rings. The van der Waals surface area contributed by atoms with Crippen LogP contribution in [0.1, 0.15) is 26.2 Å². The Morgan fingerprint density at radius 3 is 2.93 bits per heavy atom. The quantitative estimate of drug-likeness (QED) is 0.720. The van der Waals surface area contributed by atoms with Gasteiger partial charge in [0.05, 0.1) is 0 Å². The summed E-state index contributed by atoms with van der Waals surface area (Å²) in [6.07, 6.45) is 3.09. The first-order valence-electron chi connectivity index (χ1n) is 5.72. The van der Waals surface area contributed by atoms with Crippen LogP contribution in [-0.2, 0) is 9.53 Å². The van der Waals surface area contributed by atoms with E-state index in [0.29, 0.717) is 12.0 Å². The zero-order valence-electron chi connectivity index (χ0n) is 9.12. The average molecular weight is 276 g/mol. The number of halogens is 1. The van der Waals surface area contributed by atoms with E-state index in [4.69, 9.17) is 4.74 Å². The number of nitrogens with zero attached hydrogens (tertiary/aromatic N) is 1. The molecule has 15 heavy (non-hydrogen) atoms. The average Bonchev–Trinajstić information content (AvgIpc) is 2.84. The van der Waals surface area contributed by atoms with Gasteiger partial charge in [-0.25, -0.2) is 0 Å². The van der Waals surface area contributed by atoms with E-state index in [-0.39, 0.29) is 12.0 Å². The van der Waals surface area contributed by atoms with Gasteiger partial charge in [-0.05, 0) is 25.2 Å². The van der Waals surface area contributed by atoms with Crippen molar-refractivity contribution in [3.8, 4) is 0 Å². The van der Waals surface area contributed by atoms with Gasteiger partial charge >= 0.3 is 0 Å². The number of ether oxygens (including phenoxy) is 1. The molecule has 2 fully saturated rings. The van der Waals surface area contributed by atoms with Crippen molar-refractivity contribution in [2.24, 2.45) is 5.92 Å². The molecule has 0 aliphatic carbocycles. The van der Waals surface area contributed by atoms with Crippen LogP contribution in [0.15, 0.2) is 0 Å². The van der Waals surface area contributed by atoms with E-state index in [9.17, 15) is 4.79 Å². The molecule has 0 aromatic carbocycles. The van der Waals surface area contributed by atoms with Gasteiger partial charge in [0.1, 0.15) is 6.10 Å². The smallest absolute Gasteiger partial charge is 0.252 e. The highest BCUT2D eigenvalue weighted by atomic mass is 79.9. The van der Waals surface area contributed by atoms with E-state index in [1.165, 1.54) is 0 Å². The van der Waals surface area contributed by atoms with Crippen LogP contribution in [0, 0.1) is 5.92 Å². The third kappa shape index (κ3) is 2.21. The molecule has 0 aromatic heterocycles. The molecule has 2 saturated heterocycles. The molecule has 0 aromatic rings. The molecular formula is C11H18BrNO2. The molecule has 3 atom stereocenters. The lowest BCUT2D eigenvalue weighted by Crippen LogP contribution is -2.44. The SMILES string of the molecule is CC1CCOC1C(=O)N1CCC[C@@H]1CBr. The Hall–Kier alpha value is -0.0900. The second kappa shape index (κ2) is 4.83. The maximum absolute atomic E-state index is 12.2. The van der Waals surface area contributed by atoms with Crippen molar-refractivity contribution in [1.29, 1.82) is 0 Å². The van der Waals surface area contributed by atoms with Gasteiger partial charge in [-0.3, -0.25) is 4.79 Å². The molecular weight excluding hydrogens is 258 g/mol. The second-order valence-corrected chi connectivity index (χ2v) is 5.19. The summed E-state index contributed by atoms with van der Waals surface area (Å²) in [5.74, 6) is 0.594. The first kappa shape index (κ1) is 11.4. The molecule has 0 bridgehead atoms. The molecule has 86 valence electrons. The highest BCUT2D eigenvalue weighted by Crippen LogP contribution is 2.26. The lowest BCUT2D eigenvalue weighted by Gasteiger charge is -2.27. The minimum atomic E-state index is -0.176. The first-order valence-corrected chi connectivity index (χ1v) is 6.84. The van der Waals surface area contributed by atoms with Crippen molar-refractivity contribution in [3.05, 3.63) is 0 Å². The van der Waals surface area contributed by atoms with Crippen LogP contribution >= 0.6 is 15.9 Å². The van der Waals surface area contributed by atoms with Crippen molar-refractivity contribution in [2.75, 3.05) is 18.5 Å². The lowest BCUT2D eigenvalue weighted by molar-refractivity contribution is -0.142. The van der Waals surface area contributed by atoms with Crippen molar-refractivity contribution >= 4 is 21.8 Å². The molecule has 2 heterocycles. The molecule has 2 rings (SSSR count). The summed E-state index contributed by atoms with van der Waals surface area (Å²) in [7, 11) is 0. The molecule has 0 saturated carbocycles. The Morgan fingerprint density at radius 1 is 1.53 bits per heavy atom. The maximum atomic E-state index is 12.2. The summed E-state index contributed by atoms with van der Waals surface area (Å²) >= 11 is 3.47. The topological polar surface area (TPSA) is 29.5 Å². The van der Waals surface area contributed by atoms with Gasteiger partial charge < -0.3 is 9.64 Å². The van der Waals surface area contributed by atoms with Crippen molar-refractivity contribution in [3.63, 3.8) is 0 Å². The highest BCUT2D eigenvalue weighted by Gasteiger charge is 2.37. The van der Waals surface area contributed by atoms with E-state index >= 15 is 0 Å². The molecule has 4 heteroatoms. The number of rotatable bonds is 2. The van der Waals surface area contributed by atoms with Gasteiger partial charge in [0.2, 0.25) is 0 Å². The minimum absolute atomic E-state index is 0.176.